The van der Waals surface area contributed by atoms with Crippen LogP contribution in [-0.4, -0.2) is 37.5 Å². The maximum Gasteiger partial charge on any atom is 0.266 e. The van der Waals surface area contributed by atoms with Crippen molar-refractivity contribution in [3.8, 4) is 6.07 Å². The molecule has 0 unspecified atom stereocenters. The minimum Gasteiger partial charge on any atom is -0.369 e. The molecular formula is C30H20ClF2N7O2. The monoisotopic (exact) mass is 583 g/mol. The largest absolute Gasteiger partial charge is 0.369 e. The number of fused-ring (bicyclic) bond motifs is 1. The van der Waals surface area contributed by atoms with E-state index in [9.17, 15) is 18.4 Å². The maximum atomic E-state index is 14.1. The molecule has 0 spiro atoms. The number of carbonyl (C=O) groups is 2. The minimum atomic E-state index is -1.67. The Morgan fingerprint density at radius 2 is 1.67 bits per heavy atom. The molecular weight excluding hydrogens is 564 g/mol. The number of nitrogens with zero attached hydrogens (tertiary/aromatic N) is 6. The van der Waals surface area contributed by atoms with Crippen LogP contribution in [0.2, 0.25) is 5.02 Å². The Morgan fingerprint density at radius 1 is 1.02 bits per heavy atom. The summed E-state index contributed by atoms with van der Waals surface area (Å²) in [6.07, 6.45) is 1.53. The number of rotatable bonds is 5. The van der Waals surface area contributed by atoms with E-state index in [1.54, 1.807) is 18.2 Å². The highest BCUT2D eigenvalue weighted by Gasteiger charge is 2.50. The predicted molar refractivity (Wildman–Crippen MR) is 148 cm³/mol. The zero-order valence-electron chi connectivity index (χ0n) is 21.8. The maximum absolute atomic E-state index is 14.1. The van der Waals surface area contributed by atoms with Crippen molar-refractivity contribution in [2.45, 2.75) is 25.2 Å². The van der Waals surface area contributed by atoms with Gasteiger partial charge < -0.3 is 10.6 Å². The molecule has 3 heterocycles. The van der Waals surface area contributed by atoms with Crippen molar-refractivity contribution in [2.75, 3.05) is 0 Å². The zero-order chi connectivity index (χ0) is 29.6. The molecule has 2 N–H and O–H groups in total. The average molecular weight is 584 g/mol. The van der Waals surface area contributed by atoms with Crippen molar-refractivity contribution < 1.29 is 18.4 Å². The zero-order valence-corrected chi connectivity index (χ0v) is 22.5. The highest BCUT2D eigenvalue weighted by molar-refractivity contribution is 6.33. The lowest BCUT2D eigenvalue weighted by atomic mass is 9.82. The molecule has 2 aliphatic rings. The second-order valence-electron chi connectivity index (χ2n) is 9.84. The smallest absolute Gasteiger partial charge is 0.266 e. The van der Waals surface area contributed by atoms with Gasteiger partial charge in [-0.05, 0) is 53.1 Å². The minimum absolute atomic E-state index is 0.0231. The van der Waals surface area contributed by atoms with Crippen LogP contribution in [0.4, 0.5) is 8.78 Å². The first kappa shape index (κ1) is 27.0. The Bertz CT molecular complexity index is 1780. The van der Waals surface area contributed by atoms with Crippen LogP contribution >= 0.6 is 11.6 Å². The molecule has 3 aromatic carbocycles. The lowest BCUT2D eigenvalue weighted by Gasteiger charge is -2.27. The van der Waals surface area contributed by atoms with Crippen LogP contribution in [0.3, 0.4) is 0 Å². The summed E-state index contributed by atoms with van der Waals surface area (Å²) in [5.74, 6) is -1.95. The quantitative estimate of drug-likeness (QED) is 0.378. The molecule has 42 heavy (non-hydrogen) atoms. The molecule has 0 radical (unpaired) electrons. The fourth-order valence-electron chi connectivity index (χ4n) is 5.20. The molecule has 0 bridgehead atoms. The van der Waals surface area contributed by atoms with Crippen LogP contribution in [0.5, 0.6) is 0 Å². The number of halogens is 3. The predicted octanol–water partition coefficient (Wildman–Crippen LogP) is 4.04. The number of amides is 2. The molecule has 1 aromatic heterocycles. The van der Waals surface area contributed by atoms with E-state index in [2.05, 4.69) is 15.0 Å². The Kier molecular flexibility index (Phi) is 6.63. The van der Waals surface area contributed by atoms with Crippen molar-refractivity contribution in [3.05, 3.63) is 129 Å². The molecule has 0 aliphatic carbocycles. The van der Waals surface area contributed by atoms with Crippen LogP contribution < -0.4 is 5.73 Å². The van der Waals surface area contributed by atoms with Gasteiger partial charge in [0.1, 0.15) is 17.7 Å². The van der Waals surface area contributed by atoms with Gasteiger partial charge in [0.05, 0.1) is 29.4 Å². The van der Waals surface area contributed by atoms with Gasteiger partial charge in [0.2, 0.25) is 5.82 Å². The summed E-state index contributed by atoms with van der Waals surface area (Å²) < 4.78 is 27.6. The van der Waals surface area contributed by atoms with Crippen LogP contribution in [0.25, 0.3) is 0 Å². The number of carbonyl (C=O) groups excluding carboxylic acids is 2. The number of nitriles is 1. The first-order chi connectivity index (χ1) is 20.2. The molecule has 4 aromatic rings. The normalized spacial score (nSPS) is 15.4. The van der Waals surface area contributed by atoms with Gasteiger partial charge in [-0.2, -0.15) is 5.26 Å². The van der Waals surface area contributed by atoms with Gasteiger partial charge in [-0.15, -0.1) is 0 Å². The Morgan fingerprint density at radius 3 is 2.29 bits per heavy atom. The van der Waals surface area contributed by atoms with Gasteiger partial charge in [-0.3, -0.25) is 14.5 Å². The van der Waals surface area contributed by atoms with E-state index in [4.69, 9.17) is 22.6 Å². The Labute approximate surface area is 243 Å². The summed E-state index contributed by atoms with van der Waals surface area (Å²) in [4.78, 5) is 43.1. The van der Waals surface area contributed by atoms with E-state index in [-0.39, 0.29) is 47.9 Å². The summed E-state index contributed by atoms with van der Waals surface area (Å²) in [6.45, 7) is 0.392. The summed E-state index contributed by atoms with van der Waals surface area (Å²) >= 11 is 6.42. The summed E-state index contributed by atoms with van der Waals surface area (Å²) in [7, 11) is 0. The van der Waals surface area contributed by atoms with Gasteiger partial charge in [0.15, 0.2) is 11.5 Å². The standard InChI is InChI=1S/C30H20ClF2N7O2/c31-24-10-1-17(11-23(24)27(41)39-15-18-13-36-26(12-34)37-25(18)16-39)14-40-28(42)30(38-29(40)35,19-2-6-21(32)7-3-19)20-4-8-22(33)9-5-20/h1-11,13H,14-16H2,(H2,35,38). The molecule has 12 heteroatoms. The number of guanidine groups is 1. The van der Waals surface area contributed by atoms with E-state index in [1.807, 2.05) is 6.07 Å². The van der Waals surface area contributed by atoms with Gasteiger partial charge in [0.25, 0.3) is 11.8 Å². The third-order valence-corrected chi connectivity index (χ3v) is 7.61. The highest BCUT2D eigenvalue weighted by atomic mass is 35.5. The Hall–Kier alpha value is -5.21. The summed E-state index contributed by atoms with van der Waals surface area (Å²) in [5.41, 5.74) is 7.42. The lowest BCUT2D eigenvalue weighted by molar-refractivity contribution is -0.130. The fourth-order valence-corrected chi connectivity index (χ4v) is 5.39. The third-order valence-electron chi connectivity index (χ3n) is 7.28. The van der Waals surface area contributed by atoms with Gasteiger partial charge in [0, 0.05) is 18.3 Å². The molecule has 208 valence electrons. The first-order valence-electron chi connectivity index (χ1n) is 12.7. The second kappa shape index (κ2) is 10.3. The van der Waals surface area contributed by atoms with Crippen molar-refractivity contribution in [2.24, 2.45) is 10.7 Å². The van der Waals surface area contributed by atoms with Gasteiger partial charge in [-0.25, -0.2) is 23.7 Å². The molecule has 0 fully saturated rings. The van der Waals surface area contributed by atoms with E-state index in [0.29, 0.717) is 22.4 Å². The number of nitrogens with two attached hydrogens (primary N) is 1. The number of aromatic nitrogens is 2. The molecule has 0 saturated heterocycles. The van der Waals surface area contributed by atoms with Crippen LogP contribution in [0.1, 0.15) is 44.1 Å². The van der Waals surface area contributed by atoms with Crippen LogP contribution in [0.15, 0.2) is 77.9 Å². The van der Waals surface area contributed by atoms with Crippen LogP contribution in [0, 0.1) is 23.0 Å². The summed E-state index contributed by atoms with van der Waals surface area (Å²) in [5, 5.41) is 9.29. The number of aliphatic imine (C=N–C) groups is 1. The SMILES string of the molecule is N#Cc1ncc2c(n1)CN(C(=O)c1cc(CN3C(=O)C(c4ccc(F)cc4)(c4ccc(F)cc4)N=C3N)ccc1Cl)C2. The molecule has 6 rings (SSSR count). The summed E-state index contributed by atoms with van der Waals surface area (Å²) in [6, 6.07) is 17.3. The third kappa shape index (κ3) is 4.52. The topological polar surface area (TPSA) is 129 Å². The molecule has 0 atom stereocenters. The molecule has 0 saturated carbocycles. The molecule has 2 amide bonds. The van der Waals surface area contributed by atoms with Gasteiger partial charge in [-0.1, -0.05) is 41.9 Å². The van der Waals surface area contributed by atoms with E-state index >= 15 is 0 Å². The first-order valence-corrected chi connectivity index (χ1v) is 13.1. The number of hydrogen-bond acceptors (Lipinski definition) is 7. The number of benzene rings is 3. The van der Waals surface area contributed by atoms with E-state index < -0.39 is 23.1 Å². The van der Waals surface area contributed by atoms with E-state index in [0.717, 1.165) is 5.56 Å². The molecule has 9 nitrogen and oxygen atoms in total. The van der Waals surface area contributed by atoms with Crippen LogP contribution in [-0.2, 0) is 30.0 Å². The van der Waals surface area contributed by atoms with Crippen molar-refractivity contribution in [1.82, 2.24) is 19.8 Å². The Balaban J connectivity index is 1.30. The lowest BCUT2D eigenvalue weighted by Crippen LogP contribution is -2.43. The van der Waals surface area contributed by atoms with Crippen molar-refractivity contribution in [1.29, 1.82) is 5.26 Å². The van der Waals surface area contributed by atoms with Crippen molar-refractivity contribution >= 4 is 29.4 Å². The van der Waals surface area contributed by atoms with E-state index in [1.165, 1.54) is 64.5 Å². The fraction of sp³-hybridized carbons (Fsp3) is 0.133. The van der Waals surface area contributed by atoms with Crippen molar-refractivity contribution in [3.63, 3.8) is 0 Å². The van der Waals surface area contributed by atoms with Gasteiger partial charge >= 0.3 is 0 Å². The highest BCUT2D eigenvalue weighted by Crippen LogP contribution is 2.40. The second-order valence-corrected chi connectivity index (χ2v) is 10.2. The number of hydrogen-bond donors (Lipinski definition) is 1. The molecule has 2 aliphatic heterocycles. The average Bonchev–Trinajstić information content (AvgIpc) is 3.53.